The van der Waals surface area contributed by atoms with E-state index in [1.54, 1.807) is 30.7 Å². The fraction of sp³-hybridized carbons (Fsp3) is 0.143. The van der Waals surface area contributed by atoms with Crippen molar-refractivity contribution in [3.8, 4) is 5.75 Å². The molecule has 0 fully saturated rings. The van der Waals surface area contributed by atoms with Crippen LogP contribution in [-0.2, 0) is 16.2 Å². The largest absolute Gasteiger partial charge is 0.485 e. The van der Waals surface area contributed by atoms with E-state index < -0.39 is 0 Å². The summed E-state index contributed by atoms with van der Waals surface area (Å²) in [6.07, 6.45) is 4.96. The molecule has 1 aromatic carbocycles. The Bertz CT molecular complexity index is 1030. The van der Waals surface area contributed by atoms with Crippen LogP contribution in [-0.4, -0.2) is 34.1 Å². The van der Waals surface area contributed by atoms with Gasteiger partial charge >= 0.3 is 0 Å². The lowest BCUT2D eigenvalue weighted by Gasteiger charge is -2.28. The molecule has 3 heterocycles. The molecule has 1 aliphatic rings. The van der Waals surface area contributed by atoms with Gasteiger partial charge in [0.1, 0.15) is 13.2 Å². The van der Waals surface area contributed by atoms with Gasteiger partial charge in [-0.1, -0.05) is 12.1 Å². The lowest BCUT2D eigenvalue weighted by molar-refractivity contribution is -0.120. The molecule has 0 atom stereocenters. The van der Waals surface area contributed by atoms with E-state index >= 15 is 0 Å². The minimum Gasteiger partial charge on any atom is -0.485 e. The number of ether oxygens (including phenoxy) is 1. The van der Waals surface area contributed by atoms with Gasteiger partial charge in [0, 0.05) is 23.5 Å². The number of hydrogen-bond donors (Lipinski definition) is 1. The molecule has 29 heavy (non-hydrogen) atoms. The first-order valence-electron chi connectivity index (χ1n) is 8.99. The molecule has 1 aliphatic heterocycles. The van der Waals surface area contributed by atoms with Crippen molar-refractivity contribution >= 4 is 35.1 Å². The second-order valence-electron chi connectivity index (χ2n) is 6.28. The van der Waals surface area contributed by atoms with Crippen molar-refractivity contribution < 1.29 is 14.3 Å². The van der Waals surface area contributed by atoms with Crippen LogP contribution in [0.3, 0.4) is 0 Å². The van der Waals surface area contributed by atoms with E-state index in [0.717, 1.165) is 16.1 Å². The van der Waals surface area contributed by atoms with E-state index in [1.165, 1.54) is 16.7 Å². The van der Waals surface area contributed by atoms with Crippen LogP contribution >= 0.6 is 11.8 Å². The summed E-state index contributed by atoms with van der Waals surface area (Å²) in [5.41, 5.74) is 1.70. The Morgan fingerprint density at radius 3 is 2.79 bits per heavy atom. The van der Waals surface area contributed by atoms with Crippen LogP contribution in [0.4, 0.5) is 11.5 Å². The van der Waals surface area contributed by atoms with Crippen molar-refractivity contribution in [1.82, 2.24) is 9.97 Å². The van der Waals surface area contributed by atoms with Crippen LogP contribution in [0.2, 0.25) is 0 Å². The molecular formula is C21H18N4O3S. The number of carbonyl (C=O) groups excluding carboxylic acids is 2. The van der Waals surface area contributed by atoms with Crippen LogP contribution in [0.5, 0.6) is 5.75 Å². The predicted molar refractivity (Wildman–Crippen MR) is 111 cm³/mol. The SMILES string of the molecule is O=C(CN1C(=O)CSc2ccccc21)Nc1ncccc1OCc1ccncc1. The number of para-hydroxylation sites is 1. The smallest absolute Gasteiger partial charge is 0.245 e. The van der Waals surface area contributed by atoms with Crippen LogP contribution in [0.15, 0.2) is 72.0 Å². The van der Waals surface area contributed by atoms with E-state index in [0.29, 0.717) is 23.9 Å². The lowest BCUT2D eigenvalue weighted by Crippen LogP contribution is -2.41. The molecule has 0 saturated carbocycles. The maximum Gasteiger partial charge on any atom is 0.245 e. The zero-order valence-electron chi connectivity index (χ0n) is 15.4. The number of nitrogens with one attached hydrogen (secondary N) is 1. The monoisotopic (exact) mass is 406 g/mol. The zero-order valence-corrected chi connectivity index (χ0v) is 16.3. The number of thioether (sulfide) groups is 1. The zero-order chi connectivity index (χ0) is 20.1. The van der Waals surface area contributed by atoms with Gasteiger partial charge in [-0.2, -0.15) is 0 Å². The highest BCUT2D eigenvalue weighted by Gasteiger charge is 2.26. The number of hydrogen-bond acceptors (Lipinski definition) is 6. The van der Waals surface area contributed by atoms with E-state index in [-0.39, 0.29) is 18.4 Å². The molecule has 1 N–H and O–H groups in total. The predicted octanol–water partition coefficient (Wildman–Crippen LogP) is 3.13. The third kappa shape index (κ3) is 4.55. The van der Waals surface area contributed by atoms with E-state index in [9.17, 15) is 9.59 Å². The van der Waals surface area contributed by atoms with Gasteiger partial charge in [-0.05, 0) is 42.0 Å². The number of rotatable bonds is 6. The maximum absolute atomic E-state index is 12.6. The Labute approximate surface area is 172 Å². The number of nitrogens with zero attached hydrogens (tertiary/aromatic N) is 3. The third-order valence-electron chi connectivity index (χ3n) is 4.28. The Kier molecular flexibility index (Phi) is 5.71. The number of anilines is 2. The Hall–Kier alpha value is -3.39. The van der Waals surface area contributed by atoms with Crippen LogP contribution < -0.4 is 15.0 Å². The molecule has 2 aromatic heterocycles. The van der Waals surface area contributed by atoms with Crippen LogP contribution in [0.25, 0.3) is 0 Å². The molecule has 0 radical (unpaired) electrons. The Morgan fingerprint density at radius 2 is 1.93 bits per heavy atom. The van der Waals surface area contributed by atoms with Gasteiger partial charge in [0.25, 0.3) is 0 Å². The van der Waals surface area contributed by atoms with Gasteiger partial charge in [0.15, 0.2) is 11.6 Å². The van der Waals surface area contributed by atoms with Crippen LogP contribution in [0.1, 0.15) is 5.56 Å². The van der Waals surface area contributed by atoms with Gasteiger partial charge in [-0.25, -0.2) is 4.98 Å². The topological polar surface area (TPSA) is 84.4 Å². The van der Waals surface area contributed by atoms with Gasteiger partial charge < -0.3 is 15.0 Å². The fourth-order valence-electron chi connectivity index (χ4n) is 2.88. The molecule has 4 rings (SSSR count). The van der Waals surface area contributed by atoms with Crippen molar-refractivity contribution in [2.45, 2.75) is 11.5 Å². The second kappa shape index (κ2) is 8.74. The first kappa shape index (κ1) is 18.9. The molecular weight excluding hydrogens is 388 g/mol. The normalized spacial score (nSPS) is 13.0. The lowest BCUT2D eigenvalue weighted by atomic mass is 10.2. The summed E-state index contributed by atoms with van der Waals surface area (Å²) in [4.78, 5) is 35.7. The fourth-order valence-corrected chi connectivity index (χ4v) is 3.82. The molecule has 3 aromatic rings. The minimum absolute atomic E-state index is 0.0865. The summed E-state index contributed by atoms with van der Waals surface area (Å²) in [7, 11) is 0. The van der Waals surface area contributed by atoms with Gasteiger partial charge in [0.05, 0.1) is 11.4 Å². The highest BCUT2D eigenvalue weighted by Crippen LogP contribution is 2.34. The van der Waals surface area contributed by atoms with Gasteiger partial charge in [0.2, 0.25) is 11.8 Å². The maximum atomic E-state index is 12.6. The van der Waals surface area contributed by atoms with Crippen molar-refractivity contribution in [1.29, 1.82) is 0 Å². The first-order valence-corrected chi connectivity index (χ1v) is 9.98. The Morgan fingerprint density at radius 1 is 1.10 bits per heavy atom. The molecule has 2 amide bonds. The summed E-state index contributed by atoms with van der Waals surface area (Å²) in [5.74, 6) is 0.651. The van der Waals surface area contributed by atoms with Crippen LogP contribution in [0, 0.1) is 0 Å². The average Bonchev–Trinajstić information content (AvgIpc) is 2.76. The summed E-state index contributed by atoms with van der Waals surface area (Å²) < 4.78 is 5.80. The Balaban J connectivity index is 1.45. The highest BCUT2D eigenvalue weighted by molar-refractivity contribution is 8.00. The molecule has 0 spiro atoms. The third-order valence-corrected chi connectivity index (χ3v) is 5.33. The van der Waals surface area contributed by atoms with Crippen molar-refractivity contribution in [3.05, 3.63) is 72.7 Å². The highest BCUT2D eigenvalue weighted by atomic mass is 32.2. The summed E-state index contributed by atoms with van der Waals surface area (Å²) in [5, 5.41) is 2.76. The number of fused-ring (bicyclic) bond motifs is 1. The molecule has 8 heteroatoms. The summed E-state index contributed by atoms with van der Waals surface area (Å²) >= 11 is 1.48. The standard InChI is InChI=1S/C21H18N4O3S/c26-19(12-25-16-4-1-2-6-18(16)29-14-20(25)27)24-21-17(5-3-9-23-21)28-13-15-7-10-22-11-8-15/h1-11H,12-14H2,(H,23,24,26). The van der Waals surface area contributed by atoms with Gasteiger partial charge in [-0.3, -0.25) is 14.6 Å². The molecule has 0 unspecified atom stereocenters. The summed E-state index contributed by atoms with van der Waals surface area (Å²) in [6.45, 7) is 0.239. The number of aromatic nitrogens is 2. The van der Waals surface area contributed by atoms with E-state index in [1.807, 2.05) is 36.4 Å². The quantitative estimate of drug-likeness (QED) is 0.677. The number of pyridine rings is 2. The van der Waals surface area contributed by atoms with Crippen molar-refractivity contribution in [3.63, 3.8) is 0 Å². The summed E-state index contributed by atoms with van der Waals surface area (Å²) in [6, 6.07) is 14.7. The number of carbonyl (C=O) groups is 2. The molecule has 0 saturated heterocycles. The molecule has 0 bridgehead atoms. The minimum atomic E-state index is -0.340. The molecule has 7 nitrogen and oxygen atoms in total. The van der Waals surface area contributed by atoms with E-state index in [2.05, 4.69) is 15.3 Å². The van der Waals surface area contributed by atoms with Gasteiger partial charge in [-0.15, -0.1) is 11.8 Å². The first-order chi connectivity index (χ1) is 14.2. The van der Waals surface area contributed by atoms with E-state index in [4.69, 9.17) is 4.74 Å². The second-order valence-corrected chi connectivity index (χ2v) is 7.30. The van der Waals surface area contributed by atoms with Crippen molar-refractivity contribution in [2.75, 3.05) is 22.5 Å². The van der Waals surface area contributed by atoms with Crippen molar-refractivity contribution in [2.24, 2.45) is 0 Å². The number of amides is 2. The number of benzene rings is 1. The molecule has 146 valence electrons. The molecule has 0 aliphatic carbocycles. The average molecular weight is 406 g/mol.